The van der Waals surface area contributed by atoms with Gasteiger partial charge in [0.2, 0.25) is 0 Å². The second kappa shape index (κ2) is 9.97. The first-order valence-corrected chi connectivity index (χ1v) is 8.65. The van der Waals surface area contributed by atoms with E-state index in [-0.39, 0.29) is 0 Å². The molecule has 21 heavy (non-hydrogen) atoms. The molecule has 0 aromatic heterocycles. The van der Waals surface area contributed by atoms with Crippen molar-refractivity contribution >= 4 is 0 Å². The summed E-state index contributed by atoms with van der Waals surface area (Å²) in [7, 11) is 0. The molecule has 1 fully saturated rings. The van der Waals surface area contributed by atoms with Crippen LogP contribution in [0.25, 0.3) is 0 Å². The van der Waals surface area contributed by atoms with E-state index in [0.29, 0.717) is 12.7 Å². The molecule has 1 heterocycles. The minimum Gasteiger partial charge on any atom is -0.374 e. The minimum atomic E-state index is 0.363. The van der Waals surface area contributed by atoms with Crippen LogP contribution in [0.2, 0.25) is 0 Å². The largest absolute Gasteiger partial charge is 0.374 e. The molecule has 0 radical (unpaired) electrons. The maximum absolute atomic E-state index is 5.60. The SMILES string of the molecule is CCCCCCCCCc1ccc(COCC2CO2)cc1. The van der Waals surface area contributed by atoms with Gasteiger partial charge < -0.3 is 9.47 Å². The fraction of sp³-hybridized carbons (Fsp3) is 0.684. The normalized spacial score (nSPS) is 17.1. The van der Waals surface area contributed by atoms with Crippen LogP contribution < -0.4 is 0 Å². The van der Waals surface area contributed by atoms with Gasteiger partial charge in [0.1, 0.15) is 6.10 Å². The lowest BCUT2D eigenvalue weighted by molar-refractivity contribution is 0.104. The van der Waals surface area contributed by atoms with Gasteiger partial charge >= 0.3 is 0 Å². The molecule has 1 unspecified atom stereocenters. The van der Waals surface area contributed by atoms with Crippen molar-refractivity contribution in [1.82, 2.24) is 0 Å². The van der Waals surface area contributed by atoms with Crippen molar-refractivity contribution in [2.45, 2.75) is 71.0 Å². The number of rotatable bonds is 12. The lowest BCUT2D eigenvalue weighted by Gasteiger charge is -2.05. The second-order valence-corrected chi connectivity index (χ2v) is 6.16. The molecule has 2 nitrogen and oxygen atoms in total. The van der Waals surface area contributed by atoms with Crippen LogP contribution in [0.5, 0.6) is 0 Å². The third-order valence-electron chi connectivity index (χ3n) is 4.07. The molecular formula is C19H30O2. The highest BCUT2D eigenvalue weighted by Crippen LogP contribution is 2.13. The van der Waals surface area contributed by atoms with E-state index in [1.807, 2.05) is 0 Å². The first-order valence-electron chi connectivity index (χ1n) is 8.65. The van der Waals surface area contributed by atoms with Crippen LogP contribution in [-0.4, -0.2) is 19.3 Å². The Morgan fingerprint density at radius 2 is 1.57 bits per heavy atom. The van der Waals surface area contributed by atoms with Crippen LogP contribution in [-0.2, 0) is 22.5 Å². The predicted octanol–water partition coefficient (Wildman–Crippen LogP) is 4.90. The second-order valence-electron chi connectivity index (χ2n) is 6.16. The van der Waals surface area contributed by atoms with Crippen LogP contribution in [0, 0.1) is 0 Å². The fourth-order valence-corrected chi connectivity index (χ4v) is 2.56. The van der Waals surface area contributed by atoms with Gasteiger partial charge in [-0.3, -0.25) is 0 Å². The van der Waals surface area contributed by atoms with Crippen molar-refractivity contribution in [3.8, 4) is 0 Å². The molecule has 0 saturated carbocycles. The van der Waals surface area contributed by atoms with Crippen molar-refractivity contribution in [2.24, 2.45) is 0 Å². The summed E-state index contributed by atoms with van der Waals surface area (Å²) in [5.74, 6) is 0. The Kier molecular flexibility index (Phi) is 7.83. The maximum Gasteiger partial charge on any atom is 0.104 e. The molecule has 1 aliphatic heterocycles. The number of unbranched alkanes of at least 4 members (excludes halogenated alkanes) is 6. The molecule has 118 valence electrons. The maximum atomic E-state index is 5.60. The average molecular weight is 290 g/mol. The van der Waals surface area contributed by atoms with E-state index in [1.165, 1.54) is 62.5 Å². The molecule has 2 rings (SSSR count). The molecule has 2 heteroatoms. The van der Waals surface area contributed by atoms with Gasteiger partial charge in [-0.1, -0.05) is 69.7 Å². The van der Waals surface area contributed by atoms with E-state index >= 15 is 0 Å². The highest BCUT2D eigenvalue weighted by Gasteiger charge is 2.22. The Hall–Kier alpha value is -0.860. The van der Waals surface area contributed by atoms with Crippen LogP contribution in [0.4, 0.5) is 0 Å². The van der Waals surface area contributed by atoms with Crippen molar-refractivity contribution in [2.75, 3.05) is 13.2 Å². The quantitative estimate of drug-likeness (QED) is 0.403. The standard InChI is InChI=1S/C19H30O2/c1-2-3-4-5-6-7-8-9-17-10-12-18(13-11-17)14-20-15-19-16-21-19/h10-13,19H,2-9,14-16H2,1H3. The predicted molar refractivity (Wildman–Crippen MR) is 87.5 cm³/mol. The number of hydrogen-bond acceptors (Lipinski definition) is 2. The lowest BCUT2D eigenvalue weighted by atomic mass is 10.0. The number of epoxide rings is 1. The van der Waals surface area contributed by atoms with Crippen LogP contribution in [0.15, 0.2) is 24.3 Å². The molecule has 0 N–H and O–H groups in total. The highest BCUT2D eigenvalue weighted by atomic mass is 16.6. The van der Waals surface area contributed by atoms with E-state index < -0.39 is 0 Å². The van der Waals surface area contributed by atoms with E-state index in [1.54, 1.807) is 0 Å². The first-order chi connectivity index (χ1) is 10.4. The summed E-state index contributed by atoms with van der Waals surface area (Å²) in [5.41, 5.74) is 2.72. The van der Waals surface area contributed by atoms with Gasteiger partial charge in [0.25, 0.3) is 0 Å². The van der Waals surface area contributed by atoms with E-state index in [0.717, 1.165) is 13.2 Å². The number of ether oxygens (including phenoxy) is 2. The summed E-state index contributed by atoms with van der Waals surface area (Å²) in [5, 5.41) is 0. The molecule has 1 aromatic carbocycles. The number of benzene rings is 1. The molecule has 1 aliphatic rings. The van der Waals surface area contributed by atoms with Crippen molar-refractivity contribution in [3.05, 3.63) is 35.4 Å². The molecule has 0 aliphatic carbocycles. The molecule has 0 spiro atoms. The molecule has 1 atom stereocenters. The van der Waals surface area contributed by atoms with Gasteiger partial charge in [-0.25, -0.2) is 0 Å². The van der Waals surface area contributed by atoms with Gasteiger partial charge in [-0.2, -0.15) is 0 Å². The molecule has 0 bridgehead atoms. The Labute approximate surface area is 129 Å². The molecule has 1 aromatic rings. The highest BCUT2D eigenvalue weighted by molar-refractivity contribution is 5.22. The zero-order valence-corrected chi connectivity index (χ0v) is 13.5. The Bertz CT molecular complexity index is 368. The van der Waals surface area contributed by atoms with Crippen LogP contribution in [0.1, 0.15) is 63.0 Å². The van der Waals surface area contributed by atoms with Crippen LogP contribution >= 0.6 is 0 Å². The van der Waals surface area contributed by atoms with Gasteiger partial charge in [-0.15, -0.1) is 0 Å². The summed E-state index contributed by atoms with van der Waals surface area (Å²) >= 11 is 0. The molecule has 1 saturated heterocycles. The first kappa shape index (κ1) is 16.5. The van der Waals surface area contributed by atoms with E-state index in [4.69, 9.17) is 9.47 Å². The molecular weight excluding hydrogens is 260 g/mol. The van der Waals surface area contributed by atoms with Gasteiger partial charge in [-0.05, 0) is 24.0 Å². The summed E-state index contributed by atoms with van der Waals surface area (Å²) < 4.78 is 10.7. The fourth-order valence-electron chi connectivity index (χ4n) is 2.56. The van der Waals surface area contributed by atoms with Gasteiger partial charge in [0.15, 0.2) is 0 Å². The Morgan fingerprint density at radius 3 is 2.24 bits per heavy atom. The zero-order valence-electron chi connectivity index (χ0n) is 13.5. The minimum absolute atomic E-state index is 0.363. The lowest BCUT2D eigenvalue weighted by Crippen LogP contribution is -2.01. The summed E-state index contributed by atoms with van der Waals surface area (Å²) in [6.07, 6.45) is 11.2. The van der Waals surface area contributed by atoms with Crippen molar-refractivity contribution in [3.63, 3.8) is 0 Å². The smallest absolute Gasteiger partial charge is 0.104 e. The summed E-state index contributed by atoms with van der Waals surface area (Å²) in [4.78, 5) is 0. The Morgan fingerprint density at radius 1 is 0.952 bits per heavy atom. The third kappa shape index (κ3) is 7.63. The van der Waals surface area contributed by atoms with Crippen LogP contribution in [0.3, 0.4) is 0 Å². The zero-order chi connectivity index (χ0) is 14.8. The molecule has 0 amide bonds. The van der Waals surface area contributed by atoms with E-state index in [2.05, 4.69) is 31.2 Å². The average Bonchev–Trinajstić information content (AvgIpc) is 3.32. The summed E-state index contributed by atoms with van der Waals surface area (Å²) in [6, 6.07) is 8.90. The number of hydrogen-bond donors (Lipinski definition) is 0. The topological polar surface area (TPSA) is 21.8 Å². The summed E-state index contributed by atoms with van der Waals surface area (Å²) in [6.45, 7) is 4.59. The van der Waals surface area contributed by atoms with Gasteiger partial charge in [0.05, 0.1) is 19.8 Å². The van der Waals surface area contributed by atoms with Crippen molar-refractivity contribution < 1.29 is 9.47 Å². The number of aryl methyl sites for hydroxylation is 1. The van der Waals surface area contributed by atoms with Crippen molar-refractivity contribution in [1.29, 1.82) is 0 Å². The Balaban J connectivity index is 1.52. The monoisotopic (exact) mass is 290 g/mol. The third-order valence-corrected chi connectivity index (χ3v) is 4.07. The van der Waals surface area contributed by atoms with E-state index in [9.17, 15) is 0 Å². The van der Waals surface area contributed by atoms with Gasteiger partial charge in [0, 0.05) is 0 Å².